The van der Waals surface area contributed by atoms with E-state index in [-0.39, 0.29) is 29.4 Å². The van der Waals surface area contributed by atoms with Gasteiger partial charge in [-0.3, -0.25) is 4.99 Å². The van der Waals surface area contributed by atoms with Gasteiger partial charge in [0.2, 0.25) is 0 Å². The Morgan fingerprint density at radius 3 is 2.75 bits per heavy atom. The Hall–Kier alpha value is -0.860. The fraction of sp³-hybridized carbons (Fsp3) is 0.682. The Bertz CT molecular complexity index is 587. The standard InChI is InChI=1S/C22H37N3O2.HI/c1-5-23-21(24-12-8-13-26-15-19-11-14-27-16-19)25-17-22(3,4)20-10-7-6-9-18(20)2;/h6-7,9-10,19H,5,8,11-17H2,1-4H3,(H2,23,24,25);1H. The summed E-state index contributed by atoms with van der Waals surface area (Å²) in [4.78, 5) is 4.82. The van der Waals surface area contributed by atoms with Gasteiger partial charge in [0.1, 0.15) is 0 Å². The number of guanidine groups is 1. The van der Waals surface area contributed by atoms with Gasteiger partial charge in [-0.15, -0.1) is 24.0 Å². The van der Waals surface area contributed by atoms with E-state index in [0.29, 0.717) is 5.92 Å². The van der Waals surface area contributed by atoms with Crippen molar-refractivity contribution in [3.8, 4) is 0 Å². The summed E-state index contributed by atoms with van der Waals surface area (Å²) in [5.74, 6) is 1.46. The largest absolute Gasteiger partial charge is 0.381 e. The Morgan fingerprint density at radius 1 is 1.29 bits per heavy atom. The van der Waals surface area contributed by atoms with E-state index in [4.69, 9.17) is 14.5 Å². The van der Waals surface area contributed by atoms with E-state index in [1.165, 1.54) is 11.1 Å². The Kier molecular flexibility index (Phi) is 12.0. The SMILES string of the molecule is CCNC(=NCC(C)(C)c1ccccc1C)NCCCOCC1CCOC1.I. The highest BCUT2D eigenvalue weighted by Gasteiger charge is 2.22. The van der Waals surface area contributed by atoms with Gasteiger partial charge in [0, 0.05) is 37.6 Å². The topological polar surface area (TPSA) is 54.9 Å². The van der Waals surface area contributed by atoms with Gasteiger partial charge < -0.3 is 20.1 Å². The van der Waals surface area contributed by atoms with Gasteiger partial charge in [0.05, 0.1) is 19.8 Å². The van der Waals surface area contributed by atoms with Crippen molar-refractivity contribution in [1.82, 2.24) is 10.6 Å². The predicted octanol–water partition coefficient (Wildman–Crippen LogP) is 3.89. The van der Waals surface area contributed by atoms with Crippen LogP contribution in [-0.4, -0.2) is 52.0 Å². The molecule has 0 amide bonds. The van der Waals surface area contributed by atoms with Gasteiger partial charge in [-0.1, -0.05) is 38.1 Å². The second kappa shape index (κ2) is 13.4. The van der Waals surface area contributed by atoms with E-state index >= 15 is 0 Å². The van der Waals surface area contributed by atoms with Crippen molar-refractivity contribution in [2.75, 3.05) is 46.1 Å². The molecule has 0 radical (unpaired) electrons. The molecule has 1 saturated heterocycles. The number of nitrogens with zero attached hydrogens (tertiary/aromatic N) is 1. The molecule has 1 aromatic carbocycles. The van der Waals surface area contributed by atoms with E-state index < -0.39 is 0 Å². The van der Waals surface area contributed by atoms with Crippen LogP contribution in [0.4, 0.5) is 0 Å². The van der Waals surface area contributed by atoms with Crippen molar-refractivity contribution in [3.63, 3.8) is 0 Å². The highest BCUT2D eigenvalue weighted by Crippen LogP contribution is 2.26. The van der Waals surface area contributed by atoms with E-state index in [1.54, 1.807) is 0 Å². The molecule has 2 N–H and O–H groups in total. The molecule has 1 aliphatic rings. The van der Waals surface area contributed by atoms with Gasteiger partial charge in [-0.2, -0.15) is 0 Å². The summed E-state index contributed by atoms with van der Waals surface area (Å²) in [7, 11) is 0. The van der Waals surface area contributed by atoms with E-state index in [9.17, 15) is 0 Å². The summed E-state index contributed by atoms with van der Waals surface area (Å²) < 4.78 is 11.1. The van der Waals surface area contributed by atoms with Gasteiger partial charge in [-0.25, -0.2) is 0 Å². The summed E-state index contributed by atoms with van der Waals surface area (Å²) in [5.41, 5.74) is 2.68. The number of rotatable bonds is 10. The molecule has 1 atom stereocenters. The molecule has 1 unspecified atom stereocenters. The number of halogens is 1. The lowest BCUT2D eigenvalue weighted by molar-refractivity contribution is 0.0888. The van der Waals surface area contributed by atoms with Crippen molar-refractivity contribution in [1.29, 1.82) is 0 Å². The molecule has 0 saturated carbocycles. The molecule has 1 heterocycles. The fourth-order valence-electron chi connectivity index (χ4n) is 3.38. The highest BCUT2D eigenvalue weighted by atomic mass is 127. The van der Waals surface area contributed by atoms with Crippen LogP contribution in [0.25, 0.3) is 0 Å². The summed E-state index contributed by atoms with van der Waals surface area (Å²) >= 11 is 0. The lowest BCUT2D eigenvalue weighted by Crippen LogP contribution is -2.39. The lowest BCUT2D eigenvalue weighted by Gasteiger charge is -2.25. The van der Waals surface area contributed by atoms with E-state index in [2.05, 4.69) is 62.6 Å². The second-order valence-electron chi connectivity index (χ2n) is 7.98. The Balaban J connectivity index is 0.00000392. The average molecular weight is 503 g/mol. The molecule has 6 heteroatoms. The second-order valence-corrected chi connectivity index (χ2v) is 7.98. The molecular formula is C22H38IN3O2. The first-order chi connectivity index (χ1) is 13.0. The van der Waals surface area contributed by atoms with Crippen LogP contribution in [0.3, 0.4) is 0 Å². The molecule has 5 nitrogen and oxygen atoms in total. The van der Waals surface area contributed by atoms with Crippen LogP contribution in [-0.2, 0) is 14.9 Å². The van der Waals surface area contributed by atoms with Gasteiger partial charge in [0.25, 0.3) is 0 Å². The van der Waals surface area contributed by atoms with Crippen LogP contribution in [0, 0.1) is 12.8 Å². The maximum atomic E-state index is 5.76. The zero-order valence-electron chi connectivity index (χ0n) is 17.9. The quantitative estimate of drug-likeness (QED) is 0.220. The minimum absolute atomic E-state index is 0. The van der Waals surface area contributed by atoms with Crippen LogP contribution in [0.15, 0.2) is 29.3 Å². The third kappa shape index (κ3) is 8.66. The van der Waals surface area contributed by atoms with Crippen LogP contribution >= 0.6 is 24.0 Å². The van der Waals surface area contributed by atoms with Crippen molar-refractivity contribution in [2.45, 2.75) is 46.0 Å². The number of nitrogens with one attached hydrogen (secondary N) is 2. The van der Waals surface area contributed by atoms with Crippen LogP contribution in [0.1, 0.15) is 44.7 Å². The van der Waals surface area contributed by atoms with Crippen LogP contribution in [0.5, 0.6) is 0 Å². The molecule has 1 fully saturated rings. The lowest BCUT2D eigenvalue weighted by atomic mass is 9.82. The molecule has 1 aliphatic heterocycles. The molecule has 0 spiro atoms. The Labute approximate surface area is 188 Å². The molecule has 28 heavy (non-hydrogen) atoms. The van der Waals surface area contributed by atoms with Crippen LogP contribution in [0.2, 0.25) is 0 Å². The zero-order chi connectivity index (χ0) is 19.5. The summed E-state index contributed by atoms with van der Waals surface area (Å²) in [6.07, 6.45) is 2.10. The first kappa shape index (κ1) is 25.2. The molecule has 160 valence electrons. The maximum Gasteiger partial charge on any atom is 0.191 e. The molecule has 0 aliphatic carbocycles. The molecular weight excluding hydrogens is 465 g/mol. The van der Waals surface area contributed by atoms with Gasteiger partial charge in [-0.05, 0) is 37.8 Å². The van der Waals surface area contributed by atoms with Crippen molar-refractivity contribution in [3.05, 3.63) is 35.4 Å². The predicted molar refractivity (Wildman–Crippen MR) is 128 cm³/mol. The molecule has 0 bridgehead atoms. The molecule has 0 aromatic heterocycles. The van der Waals surface area contributed by atoms with Crippen molar-refractivity contribution >= 4 is 29.9 Å². The summed E-state index contributed by atoms with van der Waals surface area (Å²) in [5, 5.41) is 6.76. The summed E-state index contributed by atoms with van der Waals surface area (Å²) in [6.45, 7) is 14.6. The third-order valence-corrected chi connectivity index (χ3v) is 4.99. The van der Waals surface area contributed by atoms with Gasteiger partial charge in [0.15, 0.2) is 5.96 Å². The number of aryl methyl sites for hydroxylation is 1. The van der Waals surface area contributed by atoms with Crippen molar-refractivity contribution in [2.24, 2.45) is 10.9 Å². The number of hydrogen-bond acceptors (Lipinski definition) is 3. The highest BCUT2D eigenvalue weighted by molar-refractivity contribution is 14.0. The molecule has 2 rings (SSSR count). The number of aliphatic imine (C=N–C) groups is 1. The van der Waals surface area contributed by atoms with E-state index in [1.807, 2.05) is 0 Å². The molecule has 1 aromatic rings. The monoisotopic (exact) mass is 503 g/mol. The third-order valence-electron chi connectivity index (χ3n) is 4.99. The smallest absolute Gasteiger partial charge is 0.191 e. The first-order valence-electron chi connectivity index (χ1n) is 10.3. The minimum atomic E-state index is 0. The van der Waals surface area contributed by atoms with Crippen molar-refractivity contribution < 1.29 is 9.47 Å². The first-order valence-corrected chi connectivity index (χ1v) is 10.3. The average Bonchev–Trinajstić information content (AvgIpc) is 3.16. The maximum absolute atomic E-state index is 5.76. The number of hydrogen-bond donors (Lipinski definition) is 2. The summed E-state index contributed by atoms with van der Waals surface area (Å²) in [6, 6.07) is 8.57. The zero-order valence-corrected chi connectivity index (χ0v) is 20.3. The normalized spacial score (nSPS) is 17.3. The van der Waals surface area contributed by atoms with Gasteiger partial charge >= 0.3 is 0 Å². The minimum Gasteiger partial charge on any atom is -0.381 e. The Morgan fingerprint density at radius 2 is 2.07 bits per heavy atom. The van der Waals surface area contributed by atoms with Crippen LogP contribution < -0.4 is 10.6 Å². The number of ether oxygens (including phenoxy) is 2. The number of benzene rings is 1. The fourth-order valence-corrected chi connectivity index (χ4v) is 3.38. The van der Waals surface area contributed by atoms with E-state index in [0.717, 1.165) is 64.9 Å².